The minimum atomic E-state index is -0.885. The largest absolute Gasteiger partial charge is 0.478 e. The molecular weight excluding hydrogens is 202 g/mol. The second-order valence-corrected chi connectivity index (χ2v) is 5.15. The van der Waals surface area contributed by atoms with Crippen LogP contribution in [0.2, 0.25) is 0 Å². The second kappa shape index (κ2) is 3.58. The van der Waals surface area contributed by atoms with E-state index < -0.39 is 5.97 Å². The van der Waals surface area contributed by atoms with Gasteiger partial charge in [-0.25, -0.2) is 4.79 Å². The normalized spacial score (nSPS) is 17.5. The molecule has 0 radical (unpaired) electrons. The smallest absolute Gasteiger partial charge is 0.337 e. The van der Waals surface area contributed by atoms with Crippen LogP contribution in [0, 0.1) is 0 Å². The van der Waals surface area contributed by atoms with E-state index >= 15 is 0 Å². The first-order chi connectivity index (χ1) is 7.44. The van der Waals surface area contributed by atoms with Gasteiger partial charge >= 0.3 is 5.97 Å². The first kappa shape index (κ1) is 11.1. The predicted molar refractivity (Wildman–Crippen MR) is 61.9 cm³/mol. The van der Waals surface area contributed by atoms with E-state index in [0.29, 0.717) is 11.3 Å². The standard InChI is InChI=1S/C13H17NO2/c1-8(2)11-9(12(15)16)4-5-10(14-11)13(3)6-7-13/h4-5,8H,6-7H2,1-3H3,(H,15,16). The van der Waals surface area contributed by atoms with Crippen LogP contribution >= 0.6 is 0 Å². The molecule has 1 saturated carbocycles. The molecule has 2 rings (SSSR count). The van der Waals surface area contributed by atoms with E-state index in [1.54, 1.807) is 6.07 Å². The van der Waals surface area contributed by atoms with Gasteiger partial charge in [-0.1, -0.05) is 20.8 Å². The van der Waals surface area contributed by atoms with Crippen molar-refractivity contribution in [3.8, 4) is 0 Å². The van der Waals surface area contributed by atoms with Gasteiger partial charge in [0.05, 0.1) is 11.3 Å². The van der Waals surface area contributed by atoms with Crippen molar-refractivity contribution < 1.29 is 9.90 Å². The fourth-order valence-corrected chi connectivity index (χ4v) is 1.88. The Kier molecular flexibility index (Phi) is 2.49. The molecule has 0 bridgehead atoms. The van der Waals surface area contributed by atoms with Gasteiger partial charge in [-0.15, -0.1) is 0 Å². The third kappa shape index (κ3) is 1.82. The lowest BCUT2D eigenvalue weighted by Crippen LogP contribution is -2.11. The van der Waals surface area contributed by atoms with Crippen LogP contribution in [0.25, 0.3) is 0 Å². The van der Waals surface area contributed by atoms with Crippen LogP contribution in [0.1, 0.15) is 61.3 Å². The quantitative estimate of drug-likeness (QED) is 0.850. The summed E-state index contributed by atoms with van der Waals surface area (Å²) in [6.45, 7) is 6.14. The van der Waals surface area contributed by atoms with Crippen molar-refractivity contribution in [3.05, 3.63) is 29.1 Å². The van der Waals surface area contributed by atoms with Gasteiger partial charge in [0, 0.05) is 11.1 Å². The molecule has 0 atom stereocenters. The van der Waals surface area contributed by atoms with Gasteiger partial charge in [-0.2, -0.15) is 0 Å². The fourth-order valence-electron chi connectivity index (χ4n) is 1.88. The van der Waals surface area contributed by atoms with E-state index in [1.165, 1.54) is 0 Å². The van der Waals surface area contributed by atoms with Crippen molar-refractivity contribution in [3.63, 3.8) is 0 Å². The number of pyridine rings is 1. The summed E-state index contributed by atoms with van der Waals surface area (Å²) in [6, 6.07) is 3.56. The van der Waals surface area contributed by atoms with E-state index in [0.717, 1.165) is 18.5 Å². The van der Waals surface area contributed by atoms with E-state index in [2.05, 4.69) is 11.9 Å². The Labute approximate surface area is 95.5 Å². The molecule has 1 N–H and O–H groups in total. The SMILES string of the molecule is CC(C)c1nc(C2(C)CC2)ccc1C(=O)O. The monoisotopic (exact) mass is 219 g/mol. The van der Waals surface area contributed by atoms with Gasteiger partial charge in [-0.3, -0.25) is 4.98 Å². The van der Waals surface area contributed by atoms with Gasteiger partial charge in [0.15, 0.2) is 0 Å². The lowest BCUT2D eigenvalue weighted by atomic mass is 9.99. The fraction of sp³-hybridized carbons (Fsp3) is 0.538. The second-order valence-electron chi connectivity index (χ2n) is 5.15. The van der Waals surface area contributed by atoms with Crippen LogP contribution < -0.4 is 0 Å². The average Bonchev–Trinajstić information content (AvgIpc) is 2.96. The highest BCUT2D eigenvalue weighted by Crippen LogP contribution is 2.47. The van der Waals surface area contributed by atoms with Crippen LogP contribution in [0.3, 0.4) is 0 Å². The molecule has 1 heterocycles. The topological polar surface area (TPSA) is 50.2 Å². The van der Waals surface area contributed by atoms with Crippen molar-refractivity contribution in [1.82, 2.24) is 4.98 Å². The Hall–Kier alpha value is -1.38. The average molecular weight is 219 g/mol. The number of hydrogen-bond donors (Lipinski definition) is 1. The third-order valence-electron chi connectivity index (χ3n) is 3.32. The zero-order valence-electron chi connectivity index (χ0n) is 9.95. The Bertz CT molecular complexity index is 434. The minimum absolute atomic E-state index is 0.147. The highest BCUT2D eigenvalue weighted by Gasteiger charge is 2.40. The molecule has 1 aliphatic rings. The van der Waals surface area contributed by atoms with E-state index in [1.807, 2.05) is 19.9 Å². The number of carboxylic acid groups (broad SMARTS) is 1. The van der Waals surface area contributed by atoms with Crippen LogP contribution in [0.5, 0.6) is 0 Å². The molecule has 16 heavy (non-hydrogen) atoms. The molecule has 1 aromatic heterocycles. The number of nitrogens with zero attached hydrogens (tertiary/aromatic N) is 1. The number of aromatic nitrogens is 1. The van der Waals surface area contributed by atoms with Crippen LogP contribution in [-0.4, -0.2) is 16.1 Å². The Balaban J connectivity index is 2.48. The first-order valence-corrected chi connectivity index (χ1v) is 5.69. The van der Waals surface area contributed by atoms with E-state index in [4.69, 9.17) is 5.11 Å². The maximum absolute atomic E-state index is 11.1. The summed E-state index contributed by atoms with van der Waals surface area (Å²) in [5.41, 5.74) is 2.28. The summed E-state index contributed by atoms with van der Waals surface area (Å²) in [7, 11) is 0. The van der Waals surface area contributed by atoms with Gasteiger partial charge < -0.3 is 5.11 Å². The summed E-state index contributed by atoms with van der Waals surface area (Å²) < 4.78 is 0. The third-order valence-corrected chi connectivity index (χ3v) is 3.32. The van der Waals surface area contributed by atoms with Crippen molar-refractivity contribution in [2.24, 2.45) is 0 Å². The summed E-state index contributed by atoms with van der Waals surface area (Å²) in [5.74, 6) is -0.739. The van der Waals surface area contributed by atoms with Crippen molar-refractivity contribution in [1.29, 1.82) is 0 Å². The molecule has 0 aromatic carbocycles. The molecule has 1 aliphatic carbocycles. The summed E-state index contributed by atoms with van der Waals surface area (Å²) in [5, 5.41) is 9.08. The van der Waals surface area contributed by atoms with Crippen LogP contribution in [-0.2, 0) is 5.41 Å². The summed E-state index contributed by atoms with van der Waals surface area (Å²) in [4.78, 5) is 15.6. The van der Waals surface area contributed by atoms with E-state index in [9.17, 15) is 4.79 Å². The molecule has 1 fully saturated rings. The zero-order valence-corrected chi connectivity index (χ0v) is 9.95. The molecule has 1 aromatic rings. The highest BCUT2D eigenvalue weighted by molar-refractivity contribution is 5.89. The number of carbonyl (C=O) groups is 1. The Morgan fingerprint density at radius 3 is 2.50 bits per heavy atom. The van der Waals surface area contributed by atoms with Crippen LogP contribution in [0.15, 0.2) is 12.1 Å². The molecule has 0 spiro atoms. The van der Waals surface area contributed by atoms with Gasteiger partial charge in [-0.05, 0) is 30.9 Å². The van der Waals surface area contributed by atoms with Crippen molar-refractivity contribution >= 4 is 5.97 Å². The predicted octanol–water partition coefficient (Wildman–Crippen LogP) is 2.95. The van der Waals surface area contributed by atoms with Crippen molar-refractivity contribution in [2.45, 2.75) is 44.9 Å². The number of carboxylic acids is 1. The molecule has 0 aliphatic heterocycles. The molecule has 0 unspecified atom stereocenters. The molecular formula is C13H17NO2. The lowest BCUT2D eigenvalue weighted by molar-refractivity contribution is 0.0694. The van der Waals surface area contributed by atoms with Gasteiger partial charge in [0.25, 0.3) is 0 Å². The Morgan fingerprint density at radius 2 is 2.06 bits per heavy atom. The van der Waals surface area contributed by atoms with Crippen LogP contribution in [0.4, 0.5) is 0 Å². The lowest BCUT2D eigenvalue weighted by Gasteiger charge is -2.14. The molecule has 0 saturated heterocycles. The molecule has 0 amide bonds. The number of hydrogen-bond acceptors (Lipinski definition) is 2. The van der Waals surface area contributed by atoms with Crippen molar-refractivity contribution in [2.75, 3.05) is 0 Å². The summed E-state index contributed by atoms with van der Waals surface area (Å²) in [6.07, 6.45) is 2.31. The number of aromatic carboxylic acids is 1. The van der Waals surface area contributed by atoms with Gasteiger partial charge in [0.2, 0.25) is 0 Å². The maximum Gasteiger partial charge on any atom is 0.337 e. The maximum atomic E-state index is 11.1. The summed E-state index contributed by atoms with van der Waals surface area (Å²) >= 11 is 0. The first-order valence-electron chi connectivity index (χ1n) is 5.69. The number of rotatable bonds is 3. The molecule has 86 valence electrons. The highest BCUT2D eigenvalue weighted by atomic mass is 16.4. The Morgan fingerprint density at radius 1 is 1.44 bits per heavy atom. The minimum Gasteiger partial charge on any atom is -0.478 e. The van der Waals surface area contributed by atoms with Gasteiger partial charge in [0.1, 0.15) is 0 Å². The molecule has 3 nitrogen and oxygen atoms in total. The van der Waals surface area contributed by atoms with E-state index in [-0.39, 0.29) is 11.3 Å². The molecule has 3 heteroatoms. The zero-order chi connectivity index (χ0) is 11.9.